The zero-order valence-electron chi connectivity index (χ0n) is 18.2. The monoisotopic (exact) mass is 514 g/mol. The second-order valence-corrected chi connectivity index (χ2v) is 10.4. The van der Waals surface area contributed by atoms with Gasteiger partial charge in [0.1, 0.15) is 56.1 Å². The molecule has 5 atom stereocenters. The molecule has 2 amide bonds. The quantitative estimate of drug-likeness (QED) is 0.110. The Morgan fingerprint density at radius 3 is 2.59 bits per heavy atom. The van der Waals surface area contributed by atoms with Gasteiger partial charge in [-0.25, -0.2) is 4.79 Å². The van der Waals surface area contributed by atoms with Gasteiger partial charge in [0.15, 0.2) is 5.13 Å². The van der Waals surface area contributed by atoms with E-state index in [1.165, 1.54) is 18.9 Å². The van der Waals surface area contributed by atoms with E-state index in [9.17, 15) is 29.7 Å². The van der Waals surface area contributed by atoms with Gasteiger partial charge in [0.2, 0.25) is 11.5 Å². The lowest BCUT2D eigenvalue weighted by Crippen LogP contribution is -2.71. The summed E-state index contributed by atoms with van der Waals surface area (Å²) in [7, 11) is 3.06. The molecule has 0 aromatic carbocycles. The largest absolute Gasteiger partial charge is 0.477 e. The summed E-state index contributed by atoms with van der Waals surface area (Å²) in [4.78, 5) is 47.6. The second-order valence-electron chi connectivity index (χ2n) is 8.47. The maximum absolute atomic E-state index is 12.9. The third kappa shape index (κ3) is 4.34. The van der Waals surface area contributed by atoms with Crippen LogP contribution in [-0.4, -0.2) is 121 Å². The van der Waals surface area contributed by atoms with Gasteiger partial charge in [-0.15, -0.1) is 11.8 Å². The molecule has 14 nitrogen and oxygen atoms in total. The number of rotatable bonds is 7. The van der Waals surface area contributed by atoms with Crippen molar-refractivity contribution in [1.29, 1.82) is 0 Å². The summed E-state index contributed by atoms with van der Waals surface area (Å²) in [6.07, 6.45) is -1.78. The van der Waals surface area contributed by atoms with Crippen LogP contribution in [0.2, 0.25) is 0 Å². The summed E-state index contributed by atoms with van der Waals surface area (Å²) >= 11 is 2.19. The summed E-state index contributed by atoms with van der Waals surface area (Å²) < 4.78 is 4.18. The molecule has 4 heterocycles. The number of likely N-dealkylation sites (tertiary alicyclic amines) is 1. The van der Waals surface area contributed by atoms with E-state index < -0.39 is 41.4 Å². The maximum atomic E-state index is 12.9. The smallest absolute Gasteiger partial charge is 0.352 e. The number of nitrogens with two attached hydrogens (primary N) is 1. The molecule has 0 radical (unpaired) electrons. The van der Waals surface area contributed by atoms with Gasteiger partial charge in [0.25, 0.3) is 11.8 Å². The SMILES string of the molecule is CO/N=C(\C(=O)N[C@@H]1C(=O)N2C(C(=O)O)=C(C[N+]3(C)C[C@@H](O)[C@@H](O)C3)CS[C@H]12)c1nsc(N)n1. The van der Waals surface area contributed by atoms with Gasteiger partial charge in [0, 0.05) is 22.9 Å². The molecule has 0 bridgehead atoms. The Balaban J connectivity index is 1.52. The highest BCUT2D eigenvalue weighted by Gasteiger charge is 2.55. The Morgan fingerprint density at radius 2 is 2.03 bits per heavy atom. The number of nitrogens with one attached hydrogen (secondary N) is 1. The molecule has 1 aromatic rings. The number of quaternary nitrogens is 1. The average Bonchev–Trinajstić information content (AvgIpc) is 3.30. The number of carbonyl (C=O) groups is 3. The molecule has 1 aromatic heterocycles. The van der Waals surface area contributed by atoms with Crippen molar-refractivity contribution in [3.63, 3.8) is 0 Å². The maximum Gasteiger partial charge on any atom is 0.352 e. The van der Waals surface area contributed by atoms with Crippen LogP contribution in [0.1, 0.15) is 5.82 Å². The molecule has 2 saturated heterocycles. The highest BCUT2D eigenvalue weighted by atomic mass is 32.2. The van der Waals surface area contributed by atoms with Crippen LogP contribution in [0.4, 0.5) is 5.13 Å². The fourth-order valence-electron chi connectivity index (χ4n) is 4.43. The summed E-state index contributed by atoms with van der Waals surface area (Å²) in [6.45, 7) is 0.808. The number of aliphatic carboxylic acids is 1. The average molecular weight is 515 g/mol. The number of aliphatic hydroxyl groups is 2. The fourth-order valence-corrected chi connectivity index (χ4v) is 6.20. The number of amides is 2. The Bertz CT molecular complexity index is 1080. The summed E-state index contributed by atoms with van der Waals surface area (Å²) in [5.74, 6) is -2.34. The minimum Gasteiger partial charge on any atom is -0.477 e. The van der Waals surface area contributed by atoms with Crippen LogP contribution >= 0.6 is 23.3 Å². The van der Waals surface area contributed by atoms with E-state index in [2.05, 4.69) is 19.8 Å². The number of nitrogen functional groups attached to an aromatic ring is 1. The van der Waals surface area contributed by atoms with Gasteiger partial charge in [-0.2, -0.15) is 9.36 Å². The van der Waals surface area contributed by atoms with Crippen LogP contribution in [0, 0.1) is 0 Å². The van der Waals surface area contributed by atoms with Crippen LogP contribution in [0.5, 0.6) is 0 Å². The lowest BCUT2D eigenvalue weighted by molar-refractivity contribution is -0.895. The van der Waals surface area contributed by atoms with E-state index in [1.54, 1.807) is 0 Å². The zero-order chi connectivity index (χ0) is 24.8. The number of aliphatic hydroxyl groups excluding tert-OH is 2. The molecule has 4 rings (SSSR count). The number of carbonyl (C=O) groups excluding carboxylic acids is 2. The Labute approximate surface area is 201 Å². The fraction of sp³-hybridized carbons (Fsp3) is 0.556. The summed E-state index contributed by atoms with van der Waals surface area (Å²) in [5, 5.41) is 35.4. The molecule has 3 aliphatic rings. The Hall–Kier alpha value is -2.79. The number of hydrogen-bond donors (Lipinski definition) is 5. The molecular formula is C18H24N7O7S2+. The van der Waals surface area contributed by atoms with Crippen LogP contribution < -0.4 is 11.1 Å². The predicted octanol–water partition coefficient (Wildman–Crippen LogP) is -2.61. The summed E-state index contributed by atoms with van der Waals surface area (Å²) in [6, 6.07) is -0.980. The number of fused-ring (bicyclic) bond motifs is 1. The van der Waals surface area contributed by atoms with E-state index in [0.717, 1.165) is 16.4 Å². The molecule has 2 fully saturated rings. The van der Waals surface area contributed by atoms with E-state index in [4.69, 9.17) is 10.6 Å². The first-order valence-corrected chi connectivity index (χ1v) is 12.0. The third-order valence-corrected chi connectivity index (χ3v) is 7.74. The normalized spacial score (nSPS) is 31.2. The number of hydrogen-bond acceptors (Lipinski definition) is 12. The van der Waals surface area contributed by atoms with Gasteiger partial charge in [-0.3, -0.25) is 14.5 Å². The van der Waals surface area contributed by atoms with Crippen molar-refractivity contribution in [3.8, 4) is 0 Å². The highest BCUT2D eigenvalue weighted by molar-refractivity contribution is 8.00. The number of carboxylic acids is 1. The summed E-state index contributed by atoms with van der Waals surface area (Å²) in [5.41, 5.74) is 5.70. The number of nitrogens with zero attached hydrogens (tertiary/aromatic N) is 5. The number of anilines is 1. The lowest BCUT2D eigenvalue weighted by Gasteiger charge is -2.49. The van der Waals surface area contributed by atoms with Crippen LogP contribution in [0.25, 0.3) is 0 Å². The predicted molar refractivity (Wildman–Crippen MR) is 120 cm³/mol. The van der Waals surface area contributed by atoms with Crippen molar-refractivity contribution in [2.24, 2.45) is 5.16 Å². The number of likely N-dealkylation sites (N-methyl/N-ethyl adjacent to an activating group) is 1. The third-order valence-electron chi connectivity index (χ3n) is 5.86. The van der Waals surface area contributed by atoms with Crippen molar-refractivity contribution in [2.45, 2.75) is 23.6 Å². The van der Waals surface area contributed by atoms with E-state index in [0.29, 0.717) is 11.3 Å². The topological polar surface area (TPSA) is 201 Å². The Kier molecular flexibility index (Phi) is 6.52. The van der Waals surface area contributed by atoms with Crippen molar-refractivity contribution in [1.82, 2.24) is 19.6 Å². The Morgan fingerprint density at radius 1 is 1.35 bits per heavy atom. The number of carboxylic acid groups (broad SMARTS) is 1. The number of β-lactam (4-membered cyclic amide) rings is 1. The first-order valence-electron chi connectivity index (χ1n) is 10.2. The second kappa shape index (κ2) is 9.10. The minimum absolute atomic E-state index is 0.0536. The zero-order valence-corrected chi connectivity index (χ0v) is 19.9. The van der Waals surface area contributed by atoms with Crippen LogP contribution in [0.15, 0.2) is 16.4 Å². The number of thioether (sulfide) groups is 1. The molecule has 0 spiro atoms. The number of oxime groups is 1. The molecular weight excluding hydrogens is 490 g/mol. The van der Waals surface area contributed by atoms with E-state index in [-0.39, 0.29) is 46.5 Å². The van der Waals surface area contributed by atoms with Gasteiger partial charge in [-0.1, -0.05) is 5.16 Å². The molecule has 0 aliphatic carbocycles. The van der Waals surface area contributed by atoms with Gasteiger partial charge in [-0.05, 0) is 0 Å². The number of aromatic nitrogens is 2. The van der Waals surface area contributed by atoms with Gasteiger partial charge in [0.05, 0.1) is 7.05 Å². The molecule has 184 valence electrons. The standard InChI is InChI=1S/C18H23N7O7S2/c1-25(4-8(26)9(27)5-25)3-7-6-33-16-11(15(29)24(16)12(7)17(30)31)20-14(28)10(22-32-2)13-21-18(19)34-23-13/h8-9,11,16,26-27H,3-6H2,1-2H3,(H3-,19,20,21,23,28,30,31)/p+1/b22-10-/t8-,9+,11-,16-,25?/m1/s1. The van der Waals surface area contributed by atoms with Crippen molar-refractivity contribution >= 4 is 51.9 Å². The van der Waals surface area contributed by atoms with E-state index in [1.807, 2.05) is 7.05 Å². The van der Waals surface area contributed by atoms with Crippen molar-refractivity contribution < 1.29 is 39.0 Å². The molecule has 1 unspecified atom stereocenters. The first kappa shape index (κ1) is 24.3. The van der Waals surface area contributed by atoms with Gasteiger partial charge < -0.3 is 35.7 Å². The molecule has 3 aliphatic heterocycles. The molecule has 34 heavy (non-hydrogen) atoms. The molecule has 0 saturated carbocycles. The first-order chi connectivity index (χ1) is 16.0. The van der Waals surface area contributed by atoms with Gasteiger partial charge >= 0.3 is 5.97 Å². The van der Waals surface area contributed by atoms with Crippen LogP contribution in [-0.2, 0) is 19.2 Å². The van der Waals surface area contributed by atoms with Crippen molar-refractivity contribution in [2.75, 3.05) is 45.3 Å². The molecule has 16 heteroatoms. The minimum atomic E-state index is -1.26. The lowest BCUT2D eigenvalue weighted by atomic mass is 10.0. The van der Waals surface area contributed by atoms with Crippen LogP contribution in [0.3, 0.4) is 0 Å². The molecule has 6 N–H and O–H groups in total. The van der Waals surface area contributed by atoms with E-state index >= 15 is 0 Å². The highest BCUT2D eigenvalue weighted by Crippen LogP contribution is 2.41. The van der Waals surface area contributed by atoms with Crippen molar-refractivity contribution in [3.05, 3.63) is 17.1 Å².